The van der Waals surface area contributed by atoms with Crippen LogP contribution in [-0.4, -0.2) is 26.3 Å². The Morgan fingerprint density at radius 1 is 1.16 bits per heavy atom. The highest BCUT2D eigenvalue weighted by molar-refractivity contribution is 5.82. The molecule has 172 valence electrons. The summed E-state index contributed by atoms with van der Waals surface area (Å²) in [6.45, 7) is 11.3. The lowest BCUT2D eigenvalue weighted by Gasteiger charge is -2.58. The normalized spacial score (nSPS) is 43.6. The lowest BCUT2D eigenvalue weighted by molar-refractivity contribution is -0.128. The summed E-state index contributed by atoms with van der Waals surface area (Å²) in [5.41, 5.74) is 1.55. The topological polar surface area (TPSA) is 55.1 Å². The van der Waals surface area contributed by atoms with Crippen molar-refractivity contribution >= 4 is 5.78 Å². The highest BCUT2D eigenvalue weighted by atomic mass is 16.3. The van der Waals surface area contributed by atoms with E-state index in [1.165, 1.54) is 19.3 Å². The minimum atomic E-state index is -0.488. The lowest BCUT2D eigenvalue weighted by atomic mass is 9.47. The third kappa shape index (κ3) is 3.73. The number of hydrogen-bond acceptors (Lipinski definition) is 3. The average Bonchev–Trinajstić information content (AvgIpc) is 3.37. The van der Waals surface area contributed by atoms with Crippen LogP contribution in [0.15, 0.2) is 30.1 Å². The van der Waals surface area contributed by atoms with Gasteiger partial charge in [-0.25, -0.2) is 0 Å². The Bertz CT molecular complexity index is 826. The van der Waals surface area contributed by atoms with Crippen molar-refractivity contribution in [2.45, 2.75) is 98.1 Å². The fraction of sp³-hybridized carbons (Fsp3) is 0.778. The zero-order chi connectivity index (χ0) is 22.4. The predicted molar refractivity (Wildman–Crippen MR) is 124 cm³/mol. The number of rotatable bonds is 3. The molecule has 3 saturated carbocycles. The molecule has 4 nitrogen and oxygen atoms in total. The summed E-state index contributed by atoms with van der Waals surface area (Å²) >= 11 is 0. The molecule has 4 aliphatic rings. The number of nitrogens with zero attached hydrogens (tertiary/aromatic N) is 2. The molecule has 5 rings (SSSR count). The Morgan fingerprint density at radius 2 is 1.94 bits per heavy atom. The van der Waals surface area contributed by atoms with Gasteiger partial charge in [0, 0.05) is 18.3 Å². The van der Waals surface area contributed by atoms with Crippen molar-refractivity contribution in [3.05, 3.63) is 30.1 Å². The molecule has 7 atom stereocenters. The third-order valence-corrected chi connectivity index (χ3v) is 9.58. The molecule has 0 bridgehead atoms. The van der Waals surface area contributed by atoms with Crippen LogP contribution in [0.5, 0.6) is 0 Å². The summed E-state index contributed by atoms with van der Waals surface area (Å²) in [5, 5.41) is 14.9. The number of fused-ring (bicyclic) bond motifs is 5. The van der Waals surface area contributed by atoms with Gasteiger partial charge in [-0.2, -0.15) is 5.10 Å². The Kier molecular flexibility index (Phi) is 6.00. The standard InChI is InChI=1S/C25H36N2O2.C2H6/c1-23(29)11-12-24(2)17(15-23)5-6-18-19-7-8-21(25(19,3)10-9-20(18)24)22(28)16-27-14-4-13-26-27;1-2/h4,9,13-14,17-19,21,29H,5-8,10-12,15-16H2,1-3H3;1-2H3/t17-,18+,19+,21-,23-,24+,25+;/m1./s1. The van der Waals surface area contributed by atoms with Crippen LogP contribution in [0.3, 0.4) is 0 Å². The molecular formula is C27H42N2O2. The van der Waals surface area contributed by atoms with Crippen LogP contribution in [0.2, 0.25) is 0 Å². The number of carbonyl (C=O) groups is 1. The fourth-order valence-corrected chi connectivity index (χ4v) is 7.90. The molecular weight excluding hydrogens is 384 g/mol. The van der Waals surface area contributed by atoms with Gasteiger partial charge in [-0.1, -0.05) is 39.3 Å². The second-order valence-electron chi connectivity index (χ2n) is 11.3. The van der Waals surface area contributed by atoms with Gasteiger partial charge in [-0.15, -0.1) is 0 Å². The first kappa shape index (κ1) is 22.8. The highest BCUT2D eigenvalue weighted by Gasteiger charge is 2.59. The van der Waals surface area contributed by atoms with E-state index in [0.29, 0.717) is 30.1 Å². The molecule has 1 N–H and O–H groups in total. The van der Waals surface area contributed by atoms with Crippen molar-refractivity contribution in [1.82, 2.24) is 9.78 Å². The highest BCUT2D eigenvalue weighted by Crippen LogP contribution is 2.66. The molecule has 4 heteroatoms. The number of carbonyl (C=O) groups excluding carboxylic acids is 1. The van der Waals surface area contributed by atoms with Crippen molar-refractivity contribution in [1.29, 1.82) is 0 Å². The largest absolute Gasteiger partial charge is 0.390 e. The van der Waals surface area contributed by atoms with Crippen LogP contribution < -0.4 is 0 Å². The van der Waals surface area contributed by atoms with E-state index in [4.69, 9.17) is 0 Å². The first-order valence-electron chi connectivity index (χ1n) is 12.7. The van der Waals surface area contributed by atoms with E-state index >= 15 is 0 Å². The van der Waals surface area contributed by atoms with Gasteiger partial charge < -0.3 is 5.11 Å². The monoisotopic (exact) mass is 426 g/mol. The zero-order valence-electron chi connectivity index (χ0n) is 20.2. The second kappa shape index (κ2) is 8.17. The van der Waals surface area contributed by atoms with Crippen molar-refractivity contribution in [2.24, 2.45) is 34.5 Å². The van der Waals surface area contributed by atoms with Gasteiger partial charge in [-0.05, 0) is 92.9 Å². The average molecular weight is 427 g/mol. The molecule has 4 aliphatic carbocycles. The molecule has 3 fully saturated rings. The first-order valence-corrected chi connectivity index (χ1v) is 12.7. The summed E-state index contributed by atoms with van der Waals surface area (Å²) < 4.78 is 1.78. The van der Waals surface area contributed by atoms with E-state index in [0.717, 1.165) is 32.1 Å². The Morgan fingerprint density at radius 3 is 2.65 bits per heavy atom. The summed E-state index contributed by atoms with van der Waals surface area (Å²) in [7, 11) is 0. The molecule has 0 radical (unpaired) electrons. The molecule has 0 amide bonds. The molecule has 31 heavy (non-hydrogen) atoms. The SMILES string of the molecule is CC.C[C@@]1(O)CC[C@]2(C)C3=CC[C@]4(C)[C@@H](C(=O)Cn5cccn5)CC[C@H]4[C@@H]3CC[C@@H]2C1. The molecule has 1 heterocycles. The maximum Gasteiger partial charge on any atom is 0.157 e. The van der Waals surface area contributed by atoms with Crippen LogP contribution in [0.1, 0.15) is 86.0 Å². The molecule has 0 aliphatic heterocycles. The van der Waals surface area contributed by atoms with Crippen LogP contribution >= 0.6 is 0 Å². The lowest BCUT2D eigenvalue weighted by Crippen LogP contribution is -2.51. The summed E-state index contributed by atoms with van der Waals surface area (Å²) in [5.74, 6) is 2.41. The number of aromatic nitrogens is 2. The van der Waals surface area contributed by atoms with Gasteiger partial charge in [-0.3, -0.25) is 9.48 Å². The van der Waals surface area contributed by atoms with Gasteiger partial charge in [0.15, 0.2) is 5.78 Å². The molecule has 0 aromatic carbocycles. The number of aliphatic hydroxyl groups is 1. The van der Waals surface area contributed by atoms with Crippen molar-refractivity contribution < 1.29 is 9.90 Å². The second-order valence-corrected chi connectivity index (χ2v) is 11.3. The third-order valence-electron chi connectivity index (χ3n) is 9.58. The molecule has 1 aromatic rings. The van der Waals surface area contributed by atoms with E-state index in [9.17, 15) is 9.90 Å². The number of ketones is 1. The van der Waals surface area contributed by atoms with Gasteiger partial charge in [0.1, 0.15) is 0 Å². The van der Waals surface area contributed by atoms with E-state index in [1.54, 1.807) is 16.5 Å². The van der Waals surface area contributed by atoms with Crippen LogP contribution in [0.4, 0.5) is 0 Å². The van der Waals surface area contributed by atoms with E-state index in [1.807, 2.05) is 33.0 Å². The zero-order valence-corrected chi connectivity index (χ0v) is 20.2. The van der Waals surface area contributed by atoms with E-state index in [-0.39, 0.29) is 16.7 Å². The van der Waals surface area contributed by atoms with E-state index in [2.05, 4.69) is 25.0 Å². The maximum absolute atomic E-state index is 13.2. The number of hydrogen-bond donors (Lipinski definition) is 1. The minimum Gasteiger partial charge on any atom is -0.390 e. The Balaban J connectivity index is 0.00000112. The quantitative estimate of drug-likeness (QED) is 0.621. The predicted octanol–water partition coefficient (Wildman–Crippen LogP) is 5.81. The number of allylic oxidation sites excluding steroid dienone is 2. The first-order chi connectivity index (χ1) is 14.7. The molecule has 0 saturated heterocycles. The summed E-state index contributed by atoms with van der Waals surface area (Å²) in [6, 6.07) is 1.89. The smallest absolute Gasteiger partial charge is 0.157 e. The minimum absolute atomic E-state index is 0.0990. The molecule has 0 unspecified atom stereocenters. The molecule has 1 aromatic heterocycles. The molecule has 0 spiro atoms. The summed E-state index contributed by atoms with van der Waals surface area (Å²) in [6.07, 6.45) is 14.9. The van der Waals surface area contributed by atoms with Gasteiger partial charge in [0.2, 0.25) is 0 Å². The Hall–Kier alpha value is -1.42. The van der Waals surface area contributed by atoms with Gasteiger partial charge in [0.05, 0.1) is 12.1 Å². The van der Waals surface area contributed by atoms with Gasteiger partial charge >= 0.3 is 0 Å². The van der Waals surface area contributed by atoms with Crippen molar-refractivity contribution in [3.63, 3.8) is 0 Å². The van der Waals surface area contributed by atoms with Gasteiger partial charge in [0.25, 0.3) is 0 Å². The fourth-order valence-electron chi connectivity index (χ4n) is 7.90. The maximum atomic E-state index is 13.2. The number of Topliss-reactive ketones (excluding diaryl/α,β-unsaturated/α-hetero) is 1. The Labute approximate surface area is 188 Å². The van der Waals surface area contributed by atoms with Crippen molar-refractivity contribution in [3.8, 4) is 0 Å². The van der Waals surface area contributed by atoms with Crippen molar-refractivity contribution in [2.75, 3.05) is 0 Å². The van der Waals surface area contributed by atoms with E-state index < -0.39 is 5.60 Å². The summed E-state index contributed by atoms with van der Waals surface area (Å²) in [4.78, 5) is 13.2. The van der Waals surface area contributed by atoms with Crippen LogP contribution in [0.25, 0.3) is 0 Å². The van der Waals surface area contributed by atoms with Crippen LogP contribution in [0, 0.1) is 34.5 Å². The van der Waals surface area contributed by atoms with Crippen LogP contribution in [-0.2, 0) is 11.3 Å².